The second-order valence-corrected chi connectivity index (χ2v) is 10.2. The molecule has 2 amide bonds. The van der Waals surface area contributed by atoms with Crippen LogP contribution in [0.5, 0.6) is 0 Å². The molecular formula is C23H28N6O3S. The van der Waals surface area contributed by atoms with Crippen LogP contribution in [-0.2, 0) is 27.7 Å². The van der Waals surface area contributed by atoms with Gasteiger partial charge in [0.25, 0.3) is 5.91 Å². The average Bonchev–Trinajstić information content (AvgIpc) is 3.55. The van der Waals surface area contributed by atoms with Crippen molar-refractivity contribution in [3.05, 3.63) is 41.6 Å². The Hall–Kier alpha value is -3.03. The van der Waals surface area contributed by atoms with E-state index in [1.807, 2.05) is 24.3 Å². The van der Waals surface area contributed by atoms with Gasteiger partial charge in [0.1, 0.15) is 5.56 Å². The van der Waals surface area contributed by atoms with Gasteiger partial charge < -0.3 is 11.1 Å². The third kappa shape index (κ3) is 4.99. The second-order valence-electron chi connectivity index (χ2n) is 8.86. The minimum Gasteiger partial charge on any atom is -0.365 e. The maximum atomic E-state index is 12.2. The van der Waals surface area contributed by atoms with Crippen LogP contribution in [0, 0.1) is 17.2 Å². The van der Waals surface area contributed by atoms with E-state index in [2.05, 4.69) is 21.4 Å². The lowest BCUT2D eigenvalue weighted by molar-refractivity contribution is -0.117. The molecule has 0 radical (unpaired) electrons. The molecule has 1 aromatic heterocycles. The molecule has 3 N–H and O–H groups in total. The molecule has 2 fully saturated rings. The van der Waals surface area contributed by atoms with E-state index in [0.29, 0.717) is 32.5 Å². The number of likely N-dealkylation sites (tertiary alicyclic amines) is 1. The number of hydrogen-bond donors (Lipinski definition) is 2. The van der Waals surface area contributed by atoms with Crippen LogP contribution in [0.25, 0.3) is 0 Å². The number of primary amides is 1. The van der Waals surface area contributed by atoms with Crippen molar-refractivity contribution in [1.82, 2.24) is 14.7 Å². The summed E-state index contributed by atoms with van der Waals surface area (Å²) in [6, 6.07) is 9.99. The number of nitrogens with two attached hydrogens (primary N) is 1. The lowest BCUT2D eigenvalue weighted by Gasteiger charge is -2.41. The SMILES string of the molecule is CS(=O)c1ccccc1CN1CCC(CC#N)(n2cc(C(N)=O)c(NC(=O)C3CC3)n2)CC1. The third-order valence-corrected chi connectivity index (χ3v) is 7.54. The first-order chi connectivity index (χ1) is 15.8. The van der Waals surface area contributed by atoms with Gasteiger partial charge in [-0.2, -0.15) is 10.4 Å². The van der Waals surface area contributed by atoms with Crippen LogP contribution in [0.1, 0.15) is 48.0 Å². The second kappa shape index (κ2) is 9.45. The van der Waals surface area contributed by atoms with Crippen LogP contribution in [0.15, 0.2) is 35.4 Å². The number of benzene rings is 1. The quantitative estimate of drug-likeness (QED) is 0.608. The monoisotopic (exact) mass is 468 g/mol. The van der Waals surface area contributed by atoms with Crippen LogP contribution >= 0.6 is 0 Å². The zero-order chi connectivity index (χ0) is 23.6. The zero-order valence-corrected chi connectivity index (χ0v) is 19.4. The Morgan fingerprint density at radius 1 is 1.30 bits per heavy atom. The molecule has 1 aliphatic heterocycles. The van der Waals surface area contributed by atoms with Crippen LogP contribution in [0.2, 0.25) is 0 Å². The normalized spacial score (nSPS) is 18.9. The molecule has 174 valence electrons. The van der Waals surface area contributed by atoms with Gasteiger partial charge in [-0.15, -0.1) is 0 Å². The highest BCUT2D eigenvalue weighted by molar-refractivity contribution is 7.84. The van der Waals surface area contributed by atoms with Crippen molar-refractivity contribution in [1.29, 1.82) is 5.26 Å². The van der Waals surface area contributed by atoms with Crippen molar-refractivity contribution >= 4 is 28.4 Å². The van der Waals surface area contributed by atoms with Gasteiger partial charge in [-0.1, -0.05) is 18.2 Å². The minimum absolute atomic E-state index is 0.0347. The summed E-state index contributed by atoms with van der Waals surface area (Å²) < 4.78 is 13.7. The molecule has 2 aliphatic rings. The average molecular weight is 469 g/mol. The summed E-state index contributed by atoms with van der Waals surface area (Å²) in [4.78, 5) is 27.4. The number of aromatic nitrogens is 2. The van der Waals surface area contributed by atoms with E-state index < -0.39 is 22.2 Å². The molecule has 33 heavy (non-hydrogen) atoms. The molecule has 1 atom stereocenters. The first-order valence-electron chi connectivity index (χ1n) is 11.0. The summed E-state index contributed by atoms with van der Waals surface area (Å²) >= 11 is 0. The van der Waals surface area contributed by atoms with Crippen molar-refractivity contribution < 1.29 is 13.8 Å². The van der Waals surface area contributed by atoms with Crippen LogP contribution in [0.3, 0.4) is 0 Å². The summed E-state index contributed by atoms with van der Waals surface area (Å²) in [5, 5.41) is 16.8. The number of rotatable bonds is 8. The Morgan fingerprint density at radius 3 is 2.61 bits per heavy atom. The van der Waals surface area contributed by atoms with Crippen LogP contribution in [0.4, 0.5) is 5.82 Å². The van der Waals surface area contributed by atoms with Gasteiger partial charge in [0, 0.05) is 42.9 Å². The number of carbonyl (C=O) groups excluding carboxylic acids is 2. The van der Waals surface area contributed by atoms with E-state index in [4.69, 9.17) is 5.73 Å². The van der Waals surface area contributed by atoms with E-state index in [0.717, 1.165) is 23.3 Å². The third-order valence-electron chi connectivity index (χ3n) is 6.53. The van der Waals surface area contributed by atoms with E-state index in [1.54, 1.807) is 17.1 Å². The Kier molecular flexibility index (Phi) is 6.63. The number of hydrogen-bond acceptors (Lipinski definition) is 6. The van der Waals surface area contributed by atoms with Gasteiger partial charge in [0.05, 0.1) is 28.8 Å². The van der Waals surface area contributed by atoms with Gasteiger partial charge in [0.2, 0.25) is 5.91 Å². The number of piperidine rings is 1. The maximum Gasteiger partial charge on any atom is 0.254 e. The van der Waals surface area contributed by atoms with Gasteiger partial charge in [-0.05, 0) is 37.3 Å². The largest absolute Gasteiger partial charge is 0.365 e. The molecule has 1 aliphatic carbocycles. The summed E-state index contributed by atoms with van der Waals surface area (Å²) in [5.41, 5.74) is 6.14. The summed E-state index contributed by atoms with van der Waals surface area (Å²) in [6.07, 6.45) is 6.44. The molecule has 0 bridgehead atoms. The van der Waals surface area contributed by atoms with E-state index in [1.165, 1.54) is 0 Å². The number of nitriles is 1. The molecule has 9 nitrogen and oxygen atoms in total. The number of carbonyl (C=O) groups is 2. The van der Waals surface area contributed by atoms with Crippen molar-refractivity contribution in [2.24, 2.45) is 11.7 Å². The molecule has 1 unspecified atom stereocenters. The number of anilines is 1. The van der Waals surface area contributed by atoms with Gasteiger partial charge in [-0.25, -0.2) is 0 Å². The minimum atomic E-state index is -1.06. The highest BCUT2D eigenvalue weighted by atomic mass is 32.2. The first-order valence-corrected chi connectivity index (χ1v) is 12.6. The lowest BCUT2D eigenvalue weighted by Crippen LogP contribution is -2.46. The topological polar surface area (TPSA) is 134 Å². The summed E-state index contributed by atoms with van der Waals surface area (Å²) in [6.45, 7) is 2.09. The number of nitrogens with one attached hydrogen (secondary N) is 1. The molecule has 2 heterocycles. The zero-order valence-electron chi connectivity index (χ0n) is 18.6. The van der Waals surface area contributed by atoms with Crippen LogP contribution in [-0.4, -0.2) is 50.0 Å². The van der Waals surface area contributed by atoms with Crippen molar-refractivity contribution in [2.75, 3.05) is 24.7 Å². The Labute approximate surface area is 195 Å². The molecule has 1 aromatic carbocycles. The highest BCUT2D eigenvalue weighted by Crippen LogP contribution is 2.36. The van der Waals surface area contributed by atoms with Crippen molar-refractivity contribution in [3.63, 3.8) is 0 Å². The summed E-state index contributed by atoms with van der Waals surface area (Å²) in [7, 11) is -1.06. The summed E-state index contributed by atoms with van der Waals surface area (Å²) in [5.74, 6) is -0.689. The van der Waals surface area contributed by atoms with E-state index in [9.17, 15) is 19.1 Å². The Morgan fingerprint density at radius 2 is 2.00 bits per heavy atom. The number of nitrogens with zero attached hydrogens (tertiary/aromatic N) is 4. The maximum absolute atomic E-state index is 12.2. The van der Waals surface area contributed by atoms with Gasteiger partial charge in [0.15, 0.2) is 5.82 Å². The molecule has 4 rings (SSSR count). The predicted octanol–water partition coefficient (Wildman–Crippen LogP) is 1.97. The van der Waals surface area contributed by atoms with Crippen LogP contribution < -0.4 is 11.1 Å². The molecular weight excluding hydrogens is 440 g/mol. The molecule has 2 aromatic rings. The number of amides is 2. The van der Waals surface area contributed by atoms with Crippen molar-refractivity contribution in [2.45, 2.75) is 49.1 Å². The first kappa shape index (κ1) is 23.1. The van der Waals surface area contributed by atoms with Crippen molar-refractivity contribution in [3.8, 4) is 6.07 Å². The molecule has 0 spiro atoms. The molecule has 10 heteroatoms. The Balaban J connectivity index is 1.53. The smallest absolute Gasteiger partial charge is 0.254 e. The van der Waals surface area contributed by atoms with E-state index >= 15 is 0 Å². The van der Waals surface area contributed by atoms with Gasteiger partial charge in [-0.3, -0.25) is 23.4 Å². The molecule has 1 saturated heterocycles. The lowest BCUT2D eigenvalue weighted by atomic mass is 9.84. The molecule has 1 saturated carbocycles. The Bertz CT molecular complexity index is 1130. The predicted molar refractivity (Wildman–Crippen MR) is 124 cm³/mol. The fourth-order valence-corrected chi connectivity index (χ4v) is 5.14. The fraction of sp³-hybridized carbons (Fsp3) is 0.478. The van der Waals surface area contributed by atoms with E-state index in [-0.39, 0.29) is 29.6 Å². The standard InChI is InChI=1S/C23H28N6O3S/c1-33(32)19-5-3-2-4-17(19)14-28-12-9-23(8-11-24,10-13-28)29-15-18(20(25)30)21(27-29)26-22(31)16-6-7-16/h2-5,15-16H,6-10,12-14H2,1H3,(H2,25,30)(H,26,27,31). The highest BCUT2D eigenvalue weighted by Gasteiger charge is 2.39. The fourth-order valence-electron chi connectivity index (χ4n) is 4.37. The van der Waals surface area contributed by atoms with Gasteiger partial charge >= 0.3 is 0 Å².